The maximum Gasteiger partial charge on any atom is 0.243 e. The monoisotopic (exact) mass is 295 g/mol. The van der Waals surface area contributed by atoms with Gasteiger partial charge in [0.15, 0.2) is 5.78 Å². The van der Waals surface area contributed by atoms with E-state index >= 15 is 0 Å². The first-order chi connectivity index (χ1) is 9.51. The molecule has 0 aliphatic carbocycles. The minimum absolute atomic E-state index is 0.0554. The van der Waals surface area contributed by atoms with Gasteiger partial charge in [-0.25, -0.2) is 8.42 Å². The summed E-state index contributed by atoms with van der Waals surface area (Å²) in [6, 6.07) is 6.23. The molecule has 0 bridgehead atoms. The van der Waals surface area contributed by atoms with Crippen LogP contribution in [0.4, 0.5) is 0 Å². The number of sulfonamides is 1. The Balaban J connectivity index is 2.21. The molecule has 1 aromatic rings. The highest BCUT2D eigenvalue weighted by atomic mass is 32.2. The number of nitrogens with zero attached hydrogens (tertiary/aromatic N) is 1. The van der Waals surface area contributed by atoms with Crippen molar-refractivity contribution in [2.75, 3.05) is 13.1 Å². The Kier molecular flexibility index (Phi) is 4.94. The van der Waals surface area contributed by atoms with Gasteiger partial charge in [0, 0.05) is 18.7 Å². The van der Waals surface area contributed by atoms with Gasteiger partial charge in [-0.15, -0.1) is 0 Å². The summed E-state index contributed by atoms with van der Waals surface area (Å²) in [7, 11) is -3.42. The van der Waals surface area contributed by atoms with Gasteiger partial charge in [0.1, 0.15) is 0 Å². The third kappa shape index (κ3) is 3.46. The standard InChI is InChI=1S/C15H21NO3S/c1-13(17)14-7-9-15(10-8-14)20(18,19)16-11-5-3-2-4-6-12-16/h7-10H,2-6,11-12H2,1H3. The summed E-state index contributed by atoms with van der Waals surface area (Å²) < 4.78 is 26.7. The molecule has 0 atom stereocenters. The number of rotatable bonds is 3. The molecule has 0 radical (unpaired) electrons. The van der Waals surface area contributed by atoms with Crippen LogP contribution in [0.3, 0.4) is 0 Å². The Morgan fingerprint density at radius 3 is 1.95 bits per heavy atom. The first kappa shape index (κ1) is 15.2. The van der Waals surface area contributed by atoms with Crippen molar-refractivity contribution in [3.63, 3.8) is 0 Å². The van der Waals surface area contributed by atoms with Crippen LogP contribution in [-0.2, 0) is 10.0 Å². The highest BCUT2D eigenvalue weighted by molar-refractivity contribution is 7.89. The topological polar surface area (TPSA) is 54.5 Å². The Morgan fingerprint density at radius 1 is 0.950 bits per heavy atom. The molecule has 0 N–H and O–H groups in total. The van der Waals surface area contributed by atoms with Crippen LogP contribution in [-0.4, -0.2) is 31.6 Å². The van der Waals surface area contributed by atoms with Crippen LogP contribution in [0, 0.1) is 0 Å². The van der Waals surface area contributed by atoms with Crippen molar-refractivity contribution < 1.29 is 13.2 Å². The summed E-state index contributed by atoms with van der Waals surface area (Å²) in [6.07, 6.45) is 5.22. The summed E-state index contributed by atoms with van der Waals surface area (Å²) in [5.74, 6) is -0.0554. The van der Waals surface area contributed by atoms with Gasteiger partial charge < -0.3 is 0 Å². The minimum Gasteiger partial charge on any atom is -0.295 e. The van der Waals surface area contributed by atoms with E-state index in [0.717, 1.165) is 25.7 Å². The van der Waals surface area contributed by atoms with Crippen molar-refractivity contribution in [2.24, 2.45) is 0 Å². The van der Waals surface area contributed by atoms with Crippen LogP contribution in [0.15, 0.2) is 29.2 Å². The lowest BCUT2D eigenvalue weighted by Crippen LogP contribution is -2.33. The Bertz CT molecular complexity index is 555. The first-order valence-corrected chi connectivity index (χ1v) is 8.57. The summed E-state index contributed by atoms with van der Waals surface area (Å²) in [6.45, 7) is 2.66. The van der Waals surface area contributed by atoms with Crippen LogP contribution >= 0.6 is 0 Å². The summed E-state index contributed by atoms with van der Waals surface area (Å²) >= 11 is 0. The highest BCUT2D eigenvalue weighted by Gasteiger charge is 2.24. The molecule has 0 amide bonds. The zero-order chi connectivity index (χ0) is 14.6. The van der Waals surface area contributed by atoms with Crippen LogP contribution in [0.25, 0.3) is 0 Å². The molecule has 4 nitrogen and oxygen atoms in total. The number of carbonyl (C=O) groups is 1. The van der Waals surface area contributed by atoms with Gasteiger partial charge in [-0.1, -0.05) is 31.4 Å². The van der Waals surface area contributed by atoms with E-state index in [9.17, 15) is 13.2 Å². The molecule has 2 rings (SSSR count). The number of hydrogen-bond donors (Lipinski definition) is 0. The molecule has 1 heterocycles. The van der Waals surface area contributed by atoms with E-state index < -0.39 is 10.0 Å². The van der Waals surface area contributed by atoms with E-state index in [-0.39, 0.29) is 10.7 Å². The van der Waals surface area contributed by atoms with Gasteiger partial charge in [0.2, 0.25) is 10.0 Å². The molecule has 0 unspecified atom stereocenters. The molecule has 5 heteroatoms. The molecule has 110 valence electrons. The molecular weight excluding hydrogens is 274 g/mol. The highest BCUT2D eigenvalue weighted by Crippen LogP contribution is 2.20. The summed E-state index contributed by atoms with van der Waals surface area (Å²) in [5, 5.41) is 0. The molecule has 1 fully saturated rings. The lowest BCUT2D eigenvalue weighted by atomic mass is 10.1. The Labute approximate surface area is 120 Å². The number of Topliss-reactive ketones (excluding diaryl/α,β-unsaturated/α-hetero) is 1. The van der Waals surface area contributed by atoms with Crippen molar-refractivity contribution in [1.82, 2.24) is 4.31 Å². The zero-order valence-electron chi connectivity index (χ0n) is 11.8. The molecule has 0 saturated carbocycles. The quantitative estimate of drug-likeness (QED) is 0.806. The lowest BCUT2D eigenvalue weighted by Gasteiger charge is -2.24. The second-order valence-electron chi connectivity index (χ2n) is 5.25. The van der Waals surface area contributed by atoms with Crippen LogP contribution < -0.4 is 0 Å². The molecule has 1 saturated heterocycles. The maximum absolute atomic E-state index is 12.6. The van der Waals surface area contributed by atoms with Gasteiger partial charge >= 0.3 is 0 Å². The Morgan fingerprint density at radius 2 is 1.45 bits per heavy atom. The largest absolute Gasteiger partial charge is 0.295 e. The second-order valence-corrected chi connectivity index (χ2v) is 7.19. The van der Waals surface area contributed by atoms with Gasteiger partial charge in [-0.2, -0.15) is 4.31 Å². The number of carbonyl (C=O) groups excluding carboxylic acids is 1. The molecular formula is C15H21NO3S. The van der Waals surface area contributed by atoms with Gasteiger partial charge in [0.25, 0.3) is 0 Å². The van der Waals surface area contributed by atoms with Crippen molar-refractivity contribution in [1.29, 1.82) is 0 Å². The Hall–Kier alpha value is -1.20. The van der Waals surface area contributed by atoms with Crippen LogP contribution in [0.1, 0.15) is 49.4 Å². The fraction of sp³-hybridized carbons (Fsp3) is 0.533. The number of ketones is 1. The van der Waals surface area contributed by atoms with Crippen molar-refractivity contribution in [3.8, 4) is 0 Å². The van der Waals surface area contributed by atoms with Gasteiger partial charge in [-0.3, -0.25) is 4.79 Å². The molecule has 0 aromatic heterocycles. The van der Waals surface area contributed by atoms with E-state index in [2.05, 4.69) is 0 Å². The predicted octanol–water partition coefficient (Wildman–Crippen LogP) is 2.84. The number of hydrogen-bond acceptors (Lipinski definition) is 3. The van der Waals surface area contributed by atoms with E-state index in [1.807, 2.05) is 0 Å². The molecule has 20 heavy (non-hydrogen) atoms. The third-order valence-electron chi connectivity index (χ3n) is 3.71. The number of benzene rings is 1. The molecule has 1 aromatic carbocycles. The SMILES string of the molecule is CC(=O)c1ccc(S(=O)(=O)N2CCCCCCC2)cc1. The molecule has 0 spiro atoms. The van der Waals surface area contributed by atoms with Crippen LogP contribution in [0.5, 0.6) is 0 Å². The molecule has 1 aliphatic heterocycles. The third-order valence-corrected chi connectivity index (χ3v) is 5.63. The smallest absolute Gasteiger partial charge is 0.243 e. The van der Waals surface area contributed by atoms with E-state index in [1.54, 1.807) is 16.4 Å². The zero-order valence-corrected chi connectivity index (χ0v) is 12.7. The van der Waals surface area contributed by atoms with Gasteiger partial charge in [0.05, 0.1) is 4.90 Å². The fourth-order valence-electron chi connectivity index (χ4n) is 2.47. The second kappa shape index (κ2) is 6.50. The molecule has 1 aliphatic rings. The van der Waals surface area contributed by atoms with E-state index in [4.69, 9.17) is 0 Å². The lowest BCUT2D eigenvalue weighted by molar-refractivity contribution is 0.101. The average Bonchev–Trinajstić information content (AvgIpc) is 2.38. The van der Waals surface area contributed by atoms with Crippen molar-refractivity contribution >= 4 is 15.8 Å². The summed E-state index contributed by atoms with van der Waals surface area (Å²) in [4.78, 5) is 11.5. The van der Waals surface area contributed by atoms with Crippen molar-refractivity contribution in [2.45, 2.75) is 43.9 Å². The van der Waals surface area contributed by atoms with Crippen molar-refractivity contribution in [3.05, 3.63) is 29.8 Å². The maximum atomic E-state index is 12.6. The minimum atomic E-state index is -3.42. The van der Waals surface area contributed by atoms with Crippen LogP contribution in [0.2, 0.25) is 0 Å². The van der Waals surface area contributed by atoms with E-state index in [0.29, 0.717) is 18.7 Å². The first-order valence-electron chi connectivity index (χ1n) is 7.13. The fourth-order valence-corrected chi connectivity index (χ4v) is 3.99. The predicted molar refractivity (Wildman–Crippen MR) is 78.3 cm³/mol. The summed E-state index contributed by atoms with van der Waals surface area (Å²) in [5.41, 5.74) is 0.539. The van der Waals surface area contributed by atoms with E-state index in [1.165, 1.54) is 25.5 Å². The average molecular weight is 295 g/mol. The van der Waals surface area contributed by atoms with Gasteiger partial charge in [-0.05, 0) is 31.9 Å². The normalized spacial score (nSPS) is 18.2.